The van der Waals surface area contributed by atoms with Gasteiger partial charge < -0.3 is 9.88 Å². The molecule has 3 heterocycles. The van der Waals surface area contributed by atoms with Crippen LogP contribution in [0.15, 0.2) is 41.2 Å². The average molecular weight is 389 g/mol. The van der Waals surface area contributed by atoms with Gasteiger partial charge in [0.2, 0.25) is 0 Å². The van der Waals surface area contributed by atoms with Gasteiger partial charge in [0, 0.05) is 18.7 Å². The number of benzene rings is 1. The highest BCUT2D eigenvalue weighted by molar-refractivity contribution is 5.94. The van der Waals surface area contributed by atoms with E-state index in [-0.39, 0.29) is 23.1 Å². The van der Waals surface area contributed by atoms with Crippen molar-refractivity contribution < 1.29 is 4.79 Å². The number of nitrogens with one attached hydrogen (secondary N) is 1. The van der Waals surface area contributed by atoms with Gasteiger partial charge in [-0.25, -0.2) is 9.67 Å². The Morgan fingerprint density at radius 3 is 2.86 bits per heavy atom. The van der Waals surface area contributed by atoms with Gasteiger partial charge >= 0.3 is 0 Å². The van der Waals surface area contributed by atoms with Crippen LogP contribution in [0.3, 0.4) is 0 Å². The Morgan fingerprint density at radius 2 is 2.03 bits per heavy atom. The first-order valence-electron chi connectivity index (χ1n) is 10.1. The van der Waals surface area contributed by atoms with Gasteiger partial charge in [0.15, 0.2) is 0 Å². The summed E-state index contributed by atoms with van der Waals surface area (Å²) in [4.78, 5) is 35.5. The van der Waals surface area contributed by atoms with E-state index in [4.69, 9.17) is 0 Å². The number of amides is 1. The second kappa shape index (κ2) is 6.99. The highest BCUT2D eigenvalue weighted by atomic mass is 16.2. The number of carbonyl (C=O) groups excluding carboxylic acids is 1. The lowest BCUT2D eigenvalue weighted by atomic mass is 10.0. The highest BCUT2D eigenvalue weighted by Gasteiger charge is 2.35. The van der Waals surface area contributed by atoms with Crippen LogP contribution in [0.4, 0.5) is 0 Å². The zero-order valence-corrected chi connectivity index (χ0v) is 16.4. The molecule has 7 heteroatoms. The first-order valence-corrected chi connectivity index (χ1v) is 10.1. The standard InChI is InChI=1S/C22H23N5O2/c1-14-23-20-19(12-15-6-3-2-4-7-15)26(10-11-27(20)25-14)22(29)17-13-16-8-5-9-18(16)24-21(17)28/h2-4,6-7,13,19H,5,8-12H2,1H3,(H,24,28)/t19-/m0/s1. The molecule has 7 nitrogen and oxygen atoms in total. The van der Waals surface area contributed by atoms with E-state index < -0.39 is 0 Å². The van der Waals surface area contributed by atoms with E-state index in [2.05, 4.69) is 15.1 Å². The third-order valence-corrected chi connectivity index (χ3v) is 5.88. The summed E-state index contributed by atoms with van der Waals surface area (Å²) in [7, 11) is 0. The molecule has 29 heavy (non-hydrogen) atoms. The van der Waals surface area contributed by atoms with Gasteiger partial charge in [-0.2, -0.15) is 5.10 Å². The maximum Gasteiger partial charge on any atom is 0.261 e. The summed E-state index contributed by atoms with van der Waals surface area (Å²) in [5, 5.41) is 4.47. The third-order valence-electron chi connectivity index (χ3n) is 5.88. The van der Waals surface area contributed by atoms with Crippen LogP contribution in [0.5, 0.6) is 0 Å². The number of carbonyl (C=O) groups is 1. The molecule has 1 amide bonds. The van der Waals surface area contributed by atoms with E-state index >= 15 is 0 Å². The molecule has 0 saturated carbocycles. The van der Waals surface area contributed by atoms with Crippen LogP contribution in [-0.2, 0) is 25.8 Å². The van der Waals surface area contributed by atoms with Crippen LogP contribution in [0.1, 0.15) is 51.3 Å². The van der Waals surface area contributed by atoms with Gasteiger partial charge in [0.05, 0.1) is 12.6 Å². The minimum atomic E-state index is -0.294. The normalized spacial score (nSPS) is 17.8. The molecule has 0 bridgehead atoms. The zero-order chi connectivity index (χ0) is 20.0. The average Bonchev–Trinajstić information content (AvgIpc) is 3.33. The maximum atomic E-state index is 13.5. The van der Waals surface area contributed by atoms with E-state index in [0.29, 0.717) is 25.3 Å². The zero-order valence-electron chi connectivity index (χ0n) is 16.4. The van der Waals surface area contributed by atoms with Gasteiger partial charge in [-0.15, -0.1) is 0 Å². The lowest BCUT2D eigenvalue weighted by Crippen LogP contribution is -2.45. The Kier molecular flexibility index (Phi) is 4.30. The molecular formula is C22H23N5O2. The van der Waals surface area contributed by atoms with Gasteiger partial charge in [-0.05, 0) is 43.4 Å². The topological polar surface area (TPSA) is 83.9 Å². The van der Waals surface area contributed by atoms with E-state index in [0.717, 1.165) is 41.9 Å². The van der Waals surface area contributed by atoms with Crippen LogP contribution in [-0.4, -0.2) is 37.1 Å². The van der Waals surface area contributed by atoms with Crippen molar-refractivity contribution >= 4 is 5.91 Å². The first-order chi connectivity index (χ1) is 14.1. The predicted molar refractivity (Wildman–Crippen MR) is 108 cm³/mol. The molecule has 0 unspecified atom stereocenters. The van der Waals surface area contributed by atoms with Crippen molar-refractivity contribution in [2.45, 2.75) is 45.2 Å². The van der Waals surface area contributed by atoms with E-state index in [9.17, 15) is 9.59 Å². The number of aromatic nitrogens is 4. The lowest BCUT2D eigenvalue weighted by molar-refractivity contribution is 0.0606. The number of H-pyrrole nitrogens is 1. The van der Waals surface area contributed by atoms with E-state index in [1.807, 2.05) is 41.9 Å². The molecule has 1 aliphatic carbocycles. The molecule has 2 aliphatic rings. The van der Waals surface area contributed by atoms with Crippen LogP contribution in [0.25, 0.3) is 0 Å². The Bertz CT molecular complexity index is 1130. The molecule has 148 valence electrons. The monoisotopic (exact) mass is 389 g/mol. The van der Waals surface area contributed by atoms with Crippen LogP contribution < -0.4 is 5.56 Å². The minimum absolute atomic E-state index is 0.228. The van der Waals surface area contributed by atoms with Gasteiger partial charge in [0.1, 0.15) is 17.2 Å². The number of aryl methyl sites for hydroxylation is 3. The number of fused-ring (bicyclic) bond motifs is 2. The Labute approximate surface area is 168 Å². The summed E-state index contributed by atoms with van der Waals surface area (Å²) in [6, 6.07) is 11.6. The molecule has 1 aromatic carbocycles. The second-order valence-electron chi connectivity index (χ2n) is 7.81. The van der Waals surface area contributed by atoms with E-state index in [1.165, 1.54) is 0 Å². The number of hydrogen-bond acceptors (Lipinski definition) is 4. The fraction of sp³-hybridized carbons (Fsp3) is 0.364. The molecule has 0 saturated heterocycles. The largest absolute Gasteiger partial charge is 0.326 e. The molecule has 5 rings (SSSR count). The third kappa shape index (κ3) is 3.16. The smallest absolute Gasteiger partial charge is 0.261 e. The molecule has 2 aromatic heterocycles. The van der Waals surface area contributed by atoms with E-state index in [1.54, 1.807) is 11.0 Å². The van der Waals surface area contributed by atoms with Gasteiger partial charge in [-0.1, -0.05) is 30.3 Å². The van der Waals surface area contributed by atoms with Crippen LogP contribution in [0.2, 0.25) is 0 Å². The number of hydrogen-bond donors (Lipinski definition) is 1. The molecule has 1 aliphatic heterocycles. The van der Waals surface area contributed by atoms with Gasteiger partial charge in [-0.3, -0.25) is 9.59 Å². The fourth-order valence-corrected chi connectivity index (χ4v) is 4.49. The Morgan fingerprint density at radius 1 is 1.21 bits per heavy atom. The quantitative estimate of drug-likeness (QED) is 0.744. The second-order valence-corrected chi connectivity index (χ2v) is 7.81. The predicted octanol–water partition coefficient (Wildman–Crippen LogP) is 2.20. The Hall–Kier alpha value is -3.22. The van der Waals surface area contributed by atoms with Crippen molar-refractivity contribution in [2.75, 3.05) is 6.54 Å². The molecule has 0 fully saturated rings. The summed E-state index contributed by atoms with van der Waals surface area (Å²) in [6.07, 6.45) is 3.44. The van der Waals surface area contributed by atoms with Crippen molar-refractivity contribution in [3.63, 3.8) is 0 Å². The molecule has 0 radical (unpaired) electrons. The molecular weight excluding hydrogens is 366 g/mol. The number of rotatable bonds is 3. The van der Waals surface area contributed by atoms with Crippen molar-refractivity contribution in [3.8, 4) is 0 Å². The van der Waals surface area contributed by atoms with Crippen molar-refractivity contribution in [1.82, 2.24) is 24.6 Å². The summed E-state index contributed by atoms with van der Waals surface area (Å²) in [5.74, 6) is 1.25. The number of nitrogens with zero attached hydrogens (tertiary/aromatic N) is 4. The Balaban J connectivity index is 1.54. The molecule has 0 spiro atoms. The fourth-order valence-electron chi connectivity index (χ4n) is 4.49. The van der Waals surface area contributed by atoms with Crippen LogP contribution >= 0.6 is 0 Å². The molecule has 3 aromatic rings. The SMILES string of the molecule is Cc1nc2n(n1)CCN(C(=O)c1cc3c([nH]c1=O)CCC3)[C@H]2Cc1ccccc1. The van der Waals surface area contributed by atoms with Crippen molar-refractivity contribution in [3.05, 3.63) is 80.8 Å². The lowest BCUT2D eigenvalue weighted by Gasteiger charge is -2.35. The maximum absolute atomic E-state index is 13.5. The summed E-state index contributed by atoms with van der Waals surface area (Å²) in [5.41, 5.74) is 3.11. The van der Waals surface area contributed by atoms with Crippen molar-refractivity contribution in [1.29, 1.82) is 0 Å². The molecule has 1 N–H and O–H groups in total. The summed E-state index contributed by atoms with van der Waals surface area (Å²) >= 11 is 0. The molecule has 1 atom stereocenters. The number of pyridine rings is 1. The minimum Gasteiger partial charge on any atom is -0.326 e. The summed E-state index contributed by atoms with van der Waals surface area (Å²) < 4.78 is 1.89. The summed E-state index contributed by atoms with van der Waals surface area (Å²) in [6.45, 7) is 2.95. The number of aromatic amines is 1. The first kappa shape index (κ1) is 17.8. The van der Waals surface area contributed by atoms with Crippen LogP contribution in [0, 0.1) is 6.92 Å². The highest BCUT2D eigenvalue weighted by Crippen LogP contribution is 2.29. The van der Waals surface area contributed by atoms with Gasteiger partial charge in [0.25, 0.3) is 11.5 Å². The van der Waals surface area contributed by atoms with Crippen molar-refractivity contribution in [2.24, 2.45) is 0 Å².